The number of anilines is 2. The third-order valence-corrected chi connectivity index (χ3v) is 8.32. The van der Waals surface area contributed by atoms with Gasteiger partial charge in [-0.05, 0) is 35.9 Å². The van der Waals surface area contributed by atoms with Gasteiger partial charge in [-0.15, -0.1) is 0 Å². The minimum atomic E-state index is -3.58. The number of sulfonamides is 1. The SMILES string of the molecule is CCN(CC)S(=O)(=O)c1ccc(N2C[C@H](C(=O)Nc3ccccc3-c3ccccc3)CC2=O)cc1. The first kappa shape index (κ1) is 24.6. The highest BCUT2D eigenvalue weighted by Crippen LogP contribution is 2.31. The summed E-state index contributed by atoms with van der Waals surface area (Å²) in [6.07, 6.45) is 0.0961. The van der Waals surface area contributed by atoms with Gasteiger partial charge in [-0.25, -0.2) is 8.42 Å². The number of benzene rings is 3. The largest absolute Gasteiger partial charge is 0.325 e. The molecule has 1 saturated heterocycles. The highest BCUT2D eigenvalue weighted by molar-refractivity contribution is 7.89. The molecule has 0 saturated carbocycles. The zero-order valence-electron chi connectivity index (χ0n) is 19.8. The maximum Gasteiger partial charge on any atom is 0.243 e. The molecule has 1 aliphatic heterocycles. The van der Waals surface area contributed by atoms with Crippen LogP contribution in [0, 0.1) is 5.92 Å². The summed E-state index contributed by atoms with van der Waals surface area (Å²) >= 11 is 0. The van der Waals surface area contributed by atoms with Gasteiger partial charge >= 0.3 is 0 Å². The van der Waals surface area contributed by atoms with E-state index in [4.69, 9.17) is 0 Å². The molecule has 3 aromatic rings. The number of rotatable bonds is 8. The molecule has 0 aliphatic carbocycles. The van der Waals surface area contributed by atoms with Crippen molar-refractivity contribution in [3.63, 3.8) is 0 Å². The summed E-state index contributed by atoms with van der Waals surface area (Å²) in [6, 6.07) is 23.7. The molecule has 1 fully saturated rings. The molecule has 0 radical (unpaired) electrons. The Balaban J connectivity index is 1.48. The number of carbonyl (C=O) groups is 2. The number of hydrogen-bond donors (Lipinski definition) is 1. The zero-order valence-corrected chi connectivity index (χ0v) is 20.7. The van der Waals surface area contributed by atoms with Crippen molar-refractivity contribution in [3.8, 4) is 11.1 Å². The maximum absolute atomic E-state index is 13.1. The molecule has 7 nitrogen and oxygen atoms in total. The molecule has 1 heterocycles. The normalized spacial score (nSPS) is 16.0. The van der Waals surface area contributed by atoms with Gasteiger partial charge in [-0.3, -0.25) is 9.59 Å². The van der Waals surface area contributed by atoms with Gasteiger partial charge in [0.25, 0.3) is 0 Å². The minimum Gasteiger partial charge on any atom is -0.325 e. The number of carbonyl (C=O) groups excluding carboxylic acids is 2. The van der Waals surface area contributed by atoms with Crippen molar-refractivity contribution in [2.75, 3.05) is 29.9 Å². The van der Waals surface area contributed by atoms with Crippen LogP contribution in [0.5, 0.6) is 0 Å². The first-order valence-corrected chi connectivity index (χ1v) is 13.1. The van der Waals surface area contributed by atoms with Crippen molar-refractivity contribution >= 4 is 33.2 Å². The van der Waals surface area contributed by atoms with E-state index in [0.29, 0.717) is 24.5 Å². The average molecular weight is 492 g/mol. The summed E-state index contributed by atoms with van der Waals surface area (Å²) in [5.41, 5.74) is 3.17. The van der Waals surface area contributed by atoms with Crippen molar-refractivity contribution < 1.29 is 18.0 Å². The van der Waals surface area contributed by atoms with Crippen molar-refractivity contribution in [1.82, 2.24) is 4.31 Å². The average Bonchev–Trinajstić information content (AvgIpc) is 3.27. The highest BCUT2D eigenvalue weighted by Gasteiger charge is 2.35. The summed E-state index contributed by atoms with van der Waals surface area (Å²) in [5.74, 6) is -0.892. The lowest BCUT2D eigenvalue weighted by Gasteiger charge is -2.20. The first-order chi connectivity index (χ1) is 16.8. The molecule has 0 unspecified atom stereocenters. The van der Waals surface area contributed by atoms with E-state index in [9.17, 15) is 18.0 Å². The van der Waals surface area contributed by atoms with E-state index in [-0.39, 0.29) is 29.7 Å². The maximum atomic E-state index is 13.1. The number of nitrogens with zero attached hydrogens (tertiary/aromatic N) is 2. The summed E-state index contributed by atoms with van der Waals surface area (Å²) in [7, 11) is -3.58. The molecule has 35 heavy (non-hydrogen) atoms. The van der Waals surface area contributed by atoms with Crippen LogP contribution in [0.15, 0.2) is 83.8 Å². The summed E-state index contributed by atoms with van der Waals surface area (Å²) < 4.78 is 26.8. The van der Waals surface area contributed by atoms with E-state index in [2.05, 4.69) is 5.32 Å². The number of hydrogen-bond acceptors (Lipinski definition) is 4. The molecule has 1 N–H and O–H groups in total. The van der Waals surface area contributed by atoms with Crippen LogP contribution in [0.25, 0.3) is 11.1 Å². The molecular weight excluding hydrogens is 462 g/mol. The van der Waals surface area contributed by atoms with Crippen LogP contribution in [-0.2, 0) is 19.6 Å². The van der Waals surface area contributed by atoms with E-state index in [1.54, 1.807) is 30.9 Å². The van der Waals surface area contributed by atoms with Crippen LogP contribution in [0.2, 0.25) is 0 Å². The zero-order chi connectivity index (χ0) is 25.0. The molecule has 1 aliphatic rings. The second-order valence-corrected chi connectivity index (χ2v) is 10.3. The number of para-hydroxylation sites is 1. The van der Waals surface area contributed by atoms with Gasteiger partial charge in [0.15, 0.2) is 0 Å². The Morgan fingerprint density at radius 2 is 1.57 bits per heavy atom. The van der Waals surface area contributed by atoms with Crippen LogP contribution in [-0.4, -0.2) is 44.2 Å². The number of amides is 2. The lowest BCUT2D eigenvalue weighted by atomic mass is 10.0. The van der Waals surface area contributed by atoms with E-state index in [0.717, 1.165) is 11.1 Å². The predicted octanol–water partition coefficient (Wildman–Crippen LogP) is 4.38. The van der Waals surface area contributed by atoms with E-state index >= 15 is 0 Å². The van der Waals surface area contributed by atoms with E-state index in [1.807, 2.05) is 54.6 Å². The third kappa shape index (κ3) is 5.13. The van der Waals surface area contributed by atoms with Crippen LogP contribution in [0.4, 0.5) is 11.4 Å². The van der Waals surface area contributed by atoms with E-state index < -0.39 is 15.9 Å². The lowest BCUT2D eigenvalue weighted by Crippen LogP contribution is -2.31. The Labute approximate surface area is 206 Å². The molecule has 8 heteroatoms. The Hall–Kier alpha value is -3.49. The van der Waals surface area contributed by atoms with Gasteiger partial charge in [0.05, 0.1) is 10.8 Å². The third-order valence-electron chi connectivity index (χ3n) is 6.26. The molecule has 2 amide bonds. The van der Waals surface area contributed by atoms with Gasteiger partial charge < -0.3 is 10.2 Å². The van der Waals surface area contributed by atoms with Crippen molar-refractivity contribution in [1.29, 1.82) is 0 Å². The first-order valence-electron chi connectivity index (χ1n) is 11.7. The van der Waals surface area contributed by atoms with Gasteiger partial charge in [0.1, 0.15) is 0 Å². The molecular formula is C27H29N3O4S. The molecule has 3 aromatic carbocycles. The summed E-state index contributed by atoms with van der Waals surface area (Å²) in [4.78, 5) is 27.5. The van der Waals surface area contributed by atoms with Crippen molar-refractivity contribution in [2.45, 2.75) is 25.2 Å². The summed E-state index contributed by atoms with van der Waals surface area (Å²) in [5, 5.41) is 3.00. The van der Waals surface area contributed by atoms with Gasteiger partial charge in [0.2, 0.25) is 21.8 Å². The fourth-order valence-electron chi connectivity index (χ4n) is 4.34. The standard InChI is InChI=1S/C27H29N3O4S/c1-3-29(4-2)35(33,34)23-16-14-22(15-17-23)30-19-21(18-26(30)31)27(32)28-25-13-9-8-12-24(25)20-10-6-5-7-11-20/h5-17,21H,3-4,18-19H2,1-2H3,(H,28,32)/t21-/m1/s1. The van der Waals surface area contributed by atoms with Gasteiger partial charge in [-0.1, -0.05) is 62.4 Å². The Morgan fingerprint density at radius 3 is 2.23 bits per heavy atom. The fourth-order valence-corrected chi connectivity index (χ4v) is 5.80. The van der Waals surface area contributed by atoms with Crippen LogP contribution in [0.1, 0.15) is 20.3 Å². The smallest absolute Gasteiger partial charge is 0.243 e. The molecule has 0 aromatic heterocycles. The molecule has 4 rings (SSSR count). The fraction of sp³-hybridized carbons (Fsp3) is 0.259. The Kier molecular flexibility index (Phi) is 7.33. The second-order valence-electron chi connectivity index (χ2n) is 8.39. The Bertz CT molecular complexity index is 1300. The van der Waals surface area contributed by atoms with Crippen molar-refractivity contribution in [3.05, 3.63) is 78.9 Å². The van der Waals surface area contributed by atoms with Gasteiger partial charge in [0, 0.05) is 43.0 Å². The molecule has 182 valence electrons. The molecule has 0 spiro atoms. The predicted molar refractivity (Wildman–Crippen MR) is 138 cm³/mol. The quantitative estimate of drug-likeness (QED) is 0.507. The molecule has 0 bridgehead atoms. The second kappa shape index (κ2) is 10.4. The highest BCUT2D eigenvalue weighted by atomic mass is 32.2. The van der Waals surface area contributed by atoms with E-state index in [1.165, 1.54) is 16.4 Å². The lowest BCUT2D eigenvalue weighted by molar-refractivity contribution is -0.122. The molecule has 1 atom stereocenters. The van der Waals surface area contributed by atoms with Crippen molar-refractivity contribution in [2.24, 2.45) is 5.92 Å². The van der Waals surface area contributed by atoms with Gasteiger partial charge in [-0.2, -0.15) is 4.31 Å². The monoisotopic (exact) mass is 491 g/mol. The minimum absolute atomic E-state index is 0.0961. The number of nitrogens with one attached hydrogen (secondary N) is 1. The topological polar surface area (TPSA) is 86.8 Å². The van der Waals surface area contributed by atoms with Crippen LogP contribution in [0.3, 0.4) is 0 Å². The van der Waals surface area contributed by atoms with Crippen LogP contribution < -0.4 is 10.2 Å². The van der Waals surface area contributed by atoms with Crippen LogP contribution >= 0.6 is 0 Å². The summed E-state index contributed by atoms with van der Waals surface area (Å²) in [6.45, 7) is 4.59. The Morgan fingerprint density at radius 1 is 0.943 bits per heavy atom.